The molecular formula is C20H15N3O8S2. The summed E-state index contributed by atoms with van der Waals surface area (Å²) in [5.41, 5.74) is -1.17. The Kier molecular flexibility index (Phi) is 7.04. The molecule has 0 saturated carbocycles. The van der Waals surface area contributed by atoms with E-state index in [0.717, 1.165) is 23.9 Å². The van der Waals surface area contributed by atoms with E-state index in [1.54, 1.807) is 32.2 Å². The molecule has 33 heavy (non-hydrogen) atoms. The molecule has 11 nitrogen and oxygen atoms in total. The van der Waals surface area contributed by atoms with Gasteiger partial charge in [0.25, 0.3) is 17.3 Å². The number of hydrogen-bond acceptors (Lipinski definition) is 10. The quantitative estimate of drug-likeness (QED) is 0.140. The van der Waals surface area contributed by atoms with Crippen LogP contribution in [0.25, 0.3) is 6.08 Å². The second kappa shape index (κ2) is 9.75. The number of nitro groups is 2. The number of nitro benzene ring substituents is 2. The van der Waals surface area contributed by atoms with Gasteiger partial charge in [0.15, 0.2) is 11.5 Å². The molecule has 170 valence electrons. The SMILES string of the molecule is CCOc1cc(/C=C2/SC(=S)N(C)C2=O)ccc1OC(=O)c1ccc([N+](=O)[O-])cc1[N+](=O)[O-]. The number of carbonyl (C=O) groups is 2. The second-order valence-electron chi connectivity index (χ2n) is 6.49. The van der Waals surface area contributed by atoms with Gasteiger partial charge in [0, 0.05) is 13.1 Å². The molecule has 0 atom stereocenters. The standard InChI is InChI=1S/C20H15N3O8S2/c1-3-30-16-8-11(9-17-18(24)21(2)20(32)33-17)4-7-15(16)31-19(25)13-6-5-12(22(26)27)10-14(13)23(28)29/h4-10H,3H2,1-2H3/b17-9+. The van der Waals surface area contributed by atoms with Gasteiger partial charge in [0.1, 0.15) is 9.88 Å². The minimum atomic E-state index is -1.09. The monoisotopic (exact) mass is 489 g/mol. The average Bonchev–Trinajstić information content (AvgIpc) is 3.01. The molecular weight excluding hydrogens is 474 g/mol. The van der Waals surface area contributed by atoms with Crippen molar-refractivity contribution in [1.29, 1.82) is 0 Å². The Bertz CT molecular complexity index is 1230. The van der Waals surface area contributed by atoms with Gasteiger partial charge in [-0.3, -0.25) is 29.9 Å². The highest BCUT2D eigenvalue weighted by Gasteiger charge is 2.29. The lowest BCUT2D eigenvalue weighted by molar-refractivity contribution is -0.394. The Morgan fingerprint density at radius 3 is 2.45 bits per heavy atom. The van der Waals surface area contributed by atoms with E-state index in [1.165, 1.54) is 11.0 Å². The molecule has 1 saturated heterocycles. The Morgan fingerprint density at radius 2 is 1.88 bits per heavy atom. The molecule has 1 fully saturated rings. The van der Waals surface area contributed by atoms with E-state index in [9.17, 15) is 29.8 Å². The van der Waals surface area contributed by atoms with Crippen LogP contribution in [0, 0.1) is 20.2 Å². The van der Waals surface area contributed by atoms with E-state index < -0.39 is 32.8 Å². The van der Waals surface area contributed by atoms with E-state index in [-0.39, 0.29) is 24.0 Å². The highest BCUT2D eigenvalue weighted by atomic mass is 32.2. The topological polar surface area (TPSA) is 142 Å². The number of carbonyl (C=O) groups excluding carboxylic acids is 2. The minimum Gasteiger partial charge on any atom is -0.490 e. The van der Waals surface area contributed by atoms with Crippen LogP contribution in [0.2, 0.25) is 0 Å². The maximum absolute atomic E-state index is 12.6. The summed E-state index contributed by atoms with van der Waals surface area (Å²) in [6.07, 6.45) is 1.61. The van der Waals surface area contributed by atoms with Crippen LogP contribution in [0.4, 0.5) is 11.4 Å². The number of hydrogen-bond donors (Lipinski definition) is 0. The maximum Gasteiger partial charge on any atom is 0.350 e. The van der Waals surface area contributed by atoms with Gasteiger partial charge in [-0.05, 0) is 36.8 Å². The van der Waals surface area contributed by atoms with Crippen molar-refractivity contribution in [2.24, 2.45) is 0 Å². The van der Waals surface area contributed by atoms with Crippen LogP contribution in [0.1, 0.15) is 22.8 Å². The predicted molar refractivity (Wildman–Crippen MR) is 123 cm³/mol. The summed E-state index contributed by atoms with van der Waals surface area (Å²) in [6.45, 7) is 1.93. The fourth-order valence-corrected chi connectivity index (χ4v) is 3.96. The van der Waals surface area contributed by atoms with Gasteiger partial charge in [-0.15, -0.1) is 0 Å². The third-order valence-electron chi connectivity index (χ3n) is 4.36. The first-order valence-corrected chi connectivity index (χ1v) is 10.5. The molecule has 13 heteroatoms. The van der Waals surface area contributed by atoms with Crippen molar-refractivity contribution in [3.05, 3.63) is 72.7 Å². The van der Waals surface area contributed by atoms with Crippen molar-refractivity contribution in [1.82, 2.24) is 4.90 Å². The molecule has 1 aliphatic heterocycles. The van der Waals surface area contributed by atoms with E-state index in [1.807, 2.05) is 0 Å². The Balaban J connectivity index is 1.92. The number of thiocarbonyl (C=S) groups is 1. The van der Waals surface area contributed by atoms with Crippen LogP contribution < -0.4 is 9.47 Å². The smallest absolute Gasteiger partial charge is 0.350 e. The number of ether oxygens (including phenoxy) is 2. The number of non-ortho nitro benzene ring substituents is 1. The Labute approximate surface area is 196 Å². The summed E-state index contributed by atoms with van der Waals surface area (Å²) >= 11 is 6.25. The van der Waals surface area contributed by atoms with Crippen molar-refractivity contribution >= 4 is 57.6 Å². The fourth-order valence-electron chi connectivity index (χ4n) is 2.78. The van der Waals surface area contributed by atoms with Gasteiger partial charge < -0.3 is 9.47 Å². The van der Waals surface area contributed by atoms with Gasteiger partial charge in [-0.25, -0.2) is 4.79 Å². The Morgan fingerprint density at radius 1 is 1.15 bits per heavy atom. The van der Waals surface area contributed by atoms with Gasteiger partial charge in [-0.1, -0.05) is 30.0 Å². The van der Waals surface area contributed by atoms with Crippen molar-refractivity contribution in [2.75, 3.05) is 13.7 Å². The third-order valence-corrected chi connectivity index (χ3v) is 5.85. The molecule has 0 spiro atoms. The molecule has 1 amide bonds. The maximum atomic E-state index is 12.6. The summed E-state index contributed by atoms with van der Waals surface area (Å²) in [5, 5.41) is 22.2. The van der Waals surface area contributed by atoms with Crippen molar-refractivity contribution < 1.29 is 28.9 Å². The van der Waals surface area contributed by atoms with Crippen LogP contribution >= 0.6 is 24.0 Å². The van der Waals surface area contributed by atoms with E-state index in [4.69, 9.17) is 21.7 Å². The number of rotatable bonds is 7. The van der Waals surface area contributed by atoms with Crippen molar-refractivity contribution in [3.63, 3.8) is 0 Å². The van der Waals surface area contributed by atoms with E-state index in [0.29, 0.717) is 20.9 Å². The molecule has 0 bridgehead atoms. The van der Waals surface area contributed by atoms with Crippen LogP contribution in [-0.4, -0.2) is 44.6 Å². The first-order valence-electron chi connectivity index (χ1n) is 9.25. The van der Waals surface area contributed by atoms with Gasteiger partial charge >= 0.3 is 5.97 Å². The molecule has 2 aromatic rings. The molecule has 3 rings (SSSR count). The summed E-state index contributed by atoms with van der Waals surface area (Å²) < 4.78 is 11.2. The van der Waals surface area contributed by atoms with Crippen LogP contribution in [0.5, 0.6) is 11.5 Å². The summed E-state index contributed by atoms with van der Waals surface area (Å²) in [5.74, 6) is -1.19. The van der Waals surface area contributed by atoms with Crippen molar-refractivity contribution in [3.8, 4) is 11.5 Å². The van der Waals surface area contributed by atoms with Crippen LogP contribution in [0.15, 0.2) is 41.3 Å². The molecule has 1 aliphatic rings. The molecule has 2 aromatic carbocycles. The second-order valence-corrected chi connectivity index (χ2v) is 8.16. The number of thioether (sulfide) groups is 1. The van der Waals surface area contributed by atoms with Crippen LogP contribution in [0.3, 0.4) is 0 Å². The molecule has 0 unspecified atom stereocenters. The zero-order valence-corrected chi connectivity index (χ0v) is 18.8. The lowest BCUT2D eigenvalue weighted by atomic mass is 10.1. The molecule has 1 heterocycles. The van der Waals surface area contributed by atoms with Crippen LogP contribution in [-0.2, 0) is 4.79 Å². The number of amides is 1. The van der Waals surface area contributed by atoms with Gasteiger partial charge in [-0.2, -0.15) is 0 Å². The minimum absolute atomic E-state index is 0.0188. The zero-order valence-electron chi connectivity index (χ0n) is 17.2. The van der Waals surface area contributed by atoms with Crippen molar-refractivity contribution in [2.45, 2.75) is 6.92 Å². The fraction of sp³-hybridized carbons (Fsp3) is 0.150. The molecule has 0 radical (unpaired) electrons. The van der Waals surface area contributed by atoms with Gasteiger partial charge in [0.05, 0.1) is 27.4 Å². The highest BCUT2D eigenvalue weighted by molar-refractivity contribution is 8.26. The van der Waals surface area contributed by atoms with E-state index >= 15 is 0 Å². The summed E-state index contributed by atoms with van der Waals surface area (Å²) in [6, 6.07) is 7.14. The first-order chi connectivity index (χ1) is 15.6. The zero-order chi connectivity index (χ0) is 24.3. The number of esters is 1. The van der Waals surface area contributed by atoms with Gasteiger partial charge in [0.2, 0.25) is 0 Å². The molecule has 0 N–H and O–H groups in total. The lowest BCUT2D eigenvalue weighted by Crippen LogP contribution is -2.22. The number of likely N-dealkylation sites (N-methyl/N-ethyl adjacent to an activating group) is 1. The third kappa shape index (κ3) is 5.15. The summed E-state index contributed by atoms with van der Waals surface area (Å²) in [4.78, 5) is 47.1. The first kappa shape index (κ1) is 23.8. The molecule has 0 aliphatic carbocycles. The number of nitrogens with zero attached hydrogens (tertiary/aromatic N) is 3. The predicted octanol–water partition coefficient (Wildman–Crippen LogP) is 3.95. The largest absolute Gasteiger partial charge is 0.490 e. The Hall–Kier alpha value is -3.84. The molecule has 0 aromatic heterocycles. The highest BCUT2D eigenvalue weighted by Crippen LogP contribution is 2.35. The average molecular weight is 489 g/mol. The van der Waals surface area contributed by atoms with E-state index in [2.05, 4.69) is 0 Å². The summed E-state index contributed by atoms with van der Waals surface area (Å²) in [7, 11) is 1.57. The number of benzene rings is 2. The lowest BCUT2D eigenvalue weighted by Gasteiger charge is -2.12. The normalized spacial score (nSPS) is 14.5.